The highest BCUT2D eigenvalue weighted by Crippen LogP contribution is 2.09. The van der Waals surface area contributed by atoms with E-state index < -0.39 is 0 Å². The lowest BCUT2D eigenvalue weighted by atomic mass is 10.1. The maximum Gasteiger partial charge on any atom is 0.270 e. The second-order valence-electron chi connectivity index (χ2n) is 4.12. The molecule has 0 fully saturated rings. The molecule has 1 aromatic carbocycles. The van der Waals surface area contributed by atoms with Crippen molar-refractivity contribution in [1.29, 1.82) is 0 Å². The SMILES string of the molecule is Cc1nccc(C(=O)NCCc2ccc(Cl)cc2)n1. The largest absolute Gasteiger partial charge is 0.350 e. The van der Waals surface area contributed by atoms with Gasteiger partial charge in [0.05, 0.1) is 0 Å². The van der Waals surface area contributed by atoms with E-state index >= 15 is 0 Å². The zero-order valence-electron chi connectivity index (χ0n) is 10.6. The minimum atomic E-state index is -0.181. The number of rotatable bonds is 4. The molecule has 1 amide bonds. The van der Waals surface area contributed by atoms with E-state index in [-0.39, 0.29) is 5.91 Å². The Hall–Kier alpha value is -1.94. The minimum Gasteiger partial charge on any atom is -0.350 e. The molecule has 0 atom stereocenters. The fraction of sp³-hybridized carbons (Fsp3) is 0.214. The van der Waals surface area contributed by atoms with Gasteiger partial charge in [-0.05, 0) is 37.1 Å². The van der Waals surface area contributed by atoms with Crippen molar-refractivity contribution >= 4 is 17.5 Å². The van der Waals surface area contributed by atoms with Crippen LogP contribution in [0, 0.1) is 6.92 Å². The van der Waals surface area contributed by atoms with Crippen molar-refractivity contribution in [2.75, 3.05) is 6.54 Å². The van der Waals surface area contributed by atoms with Crippen molar-refractivity contribution in [3.05, 3.63) is 58.6 Å². The van der Waals surface area contributed by atoms with Crippen LogP contribution in [0.2, 0.25) is 5.02 Å². The number of nitrogens with one attached hydrogen (secondary N) is 1. The van der Waals surface area contributed by atoms with Crippen LogP contribution in [0.15, 0.2) is 36.5 Å². The Balaban J connectivity index is 1.86. The van der Waals surface area contributed by atoms with Gasteiger partial charge < -0.3 is 5.32 Å². The van der Waals surface area contributed by atoms with Gasteiger partial charge in [0.25, 0.3) is 5.91 Å². The number of carbonyl (C=O) groups excluding carboxylic acids is 1. The van der Waals surface area contributed by atoms with Gasteiger partial charge in [-0.1, -0.05) is 23.7 Å². The number of benzene rings is 1. The molecule has 4 nitrogen and oxygen atoms in total. The van der Waals surface area contributed by atoms with Gasteiger partial charge >= 0.3 is 0 Å². The van der Waals surface area contributed by atoms with Crippen molar-refractivity contribution in [2.24, 2.45) is 0 Å². The number of hydrogen-bond acceptors (Lipinski definition) is 3. The zero-order valence-corrected chi connectivity index (χ0v) is 11.3. The molecule has 0 bridgehead atoms. The monoisotopic (exact) mass is 275 g/mol. The van der Waals surface area contributed by atoms with E-state index in [4.69, 9.17) is 11.6 Å². The van der Waals surface area contributed by atoms with Crippen molar-refractivity contribution in [1.82, 2.24) is 15.3 Å². The number of amides is 1. The van der Waals surface area contributed by atoms with Gasteiger partial charge in [0, 0.05) is 17.8 Å². The molecule has 2 rings (SSSR count). The van der Waals surface area contributed by atoms with E-state index in [1.54, 1.807) is 19.2 Å². The van der Waals surface area contributed by atoms with Gasteiger partial charge in [-0.2, -0.15) is 0 Å². The lowest BCUT2D eigenvalue weighted by molar-refractivity contribution is 0.0948. The topological polar surface area (TPSA) is 54.9 Å². The minimum absolute atomic E-state index is 0.181. The molecule has 19 heavy (non-hydrogen) atoms. The zero-order chi connectivity index (χ0) is 13.7. The molecule has 0 aliphatic carbocycles. The normalized spacial score (nSPS) is 10.2. The molecule has 2 aromatic rings. The highest BCUT2D eigenvalue weighted by atomic mass is 35.5. The van der Waals surface area contributed by atoms with E-state index in [0.717, 1.165) is 12.0 Å². The highest BCUT2D eigenvalue weighted by molar-refractivity contribution is 6.30. The van der Waals surface area contributed by atoms with Gasteiger partial charge in [0.1, 0.15) is 11.5 Å². The Kier molecular flexibility index (Phi) is 4.47. The van der Waals surface area contributed by atoms with E-state index in [1.165, 1.54) is 0 Å². The fourth-order valence-electron chi connectivity index (χ4n) is 1.64. The lowest BCUT2D eigenvalue weighted by Gasteiger charge is -2.05. The second kappa shape index (κ2) is 6.29. The van der Waals surface area contributed by atoms with Crippen LogP contribution >= 0.6 is 11.6 Å². The molecule has 1 aromatic heterocycles. The summed E-state index contributed by atoms with van der Waals surface area (Å²) in [7, 11) is 0. The lowest BCUT2D eigenvalue weighted by Crippen LogP contribution is -2.26. The van der Waals surface area contributed by atoms with Crippen LogP contribution in [0.3, 0.4) is 0 Å². The number of aromatic nitrogens is 2. The third-order valence-corrected chi connectivity index (χ3v) is 2.87. The van der Waals surface area contributed by atoms with Crippen LogP contribution in [-0.4, -0.2) is 22.4 Å². The molecule has 0 aliphatic heterocycles. The Bertz CT molecular complexity index is 569. The van der Waals surface area contributed by atoms with Gasteiger partial charge in [0.15, 0.2) is 0 Å². The average Bonchev–Trinajstić information content (AvgIpc) is 2.41. The standard InChI is InChI=1S/C14H14ClN3O/c1-10-16-9-7-13(18-10)14(19)17-8-6-11-2-4-12(15)5-3-11/h2-5,7,9H,6,8H2,1H3,(H,17,19). The summed E-state index contributed by atoms with van der Waals surface area (Å²) in [6, 6.07) is 9.18. The summed E-state index contributed by atoms with van der Waals surface area (Å²) in [6.07, 6.45) is 2.34. The summed E-state index contributed by atoms with van der Waals surface area (Å²) in [5.41, 5.74) is 1.52. The summed E-state index contributed by atoms with van der Waals surface area (Å²) in [5, 5.41) is 3.54. The molecular formula is C14H14ClN3O. The number of aryl methyl sites for hydroxylation is 1. The number of carbonyl (C=O) groups is 1. The summed E-state index contributed by atoms with van der Waals surface area (Å²) in [4.78, 5) is 19.8. The number of hydrogen-bond donors (Lipinski definition) is 1. The molecule has 5 heteroatoms. The smallest absolute Gasteiger partial charge is 0.270 e. The van der Waals surface area contributed by atoms with Crippen LogP contribution in [0.4, 0.5) is 0 Å². The first-order chi connectivity index (χ1) is 9.15. The maximum absolute atomic E-state index is 11.8. The molecule has 0 saturated heterocycles. The summed E-state index contributed by atoms with van der Waals surface area (Å²) < 4.78 is 0. The molecule has 1 heterocycles. The van der Waals surface area contributed by atoms with Crippen molar-refractivity contribution in [3.8, 4) is 0 Å². The summed E-state index contributed by atoms with van der Waals surface area (Å²) >= 11 is 5.81. The van der Waals surface area contributed by atoms with Gasteiger partial charge in [-0.25, -0.2) is 9.97 Å². The fourth-order valence-corrected chi connectivity index (χ4v) is 1.77. The molecule has 0 radical (unpaired) electrons. The van der Waals surface area contributed by atoms with E-state index in [1.807, 2.05) is 24.3 Å². The molecule has 0 aliphatic rings. The van der Waals surface area contributed by atoms with Crippen LogP contribution < -0.4 is 5.32 Å². The first-order valence-corrected chi connectivity index (χ1v) is 6.35. The van der Waals surface area contributed by atoms with E-state index in [9.17, 15) is 4.79 Å². The molecule has 0 saturated carbocycles. The van der Waals surface area contributed by atoms with Crippen LogP contribution in [-0.2, 0) is 6.42 Å². The number of nitrogens with zero attached hydrogens (tertiary/aromatic N) is 2. The van der Waals surface area contributed by atoms with Crippen molar-refractivity contribution in [3.63, 3.8) is 0 Å². The third-order valence-electron chi connectivity index (χ3n) is 2.62. The van der Waals surface area contributed by atoms with Gasteiger partial charge in [-0.15, -0.1) is 0 Å². The quantitative estimate of drug-likeness (QED) is 0.932. The molecule has 0 spiro atoms. The highest BCUT2D eigenvalue weighted by Gasteiger charge is 2.06. The maximum atomic E-state index is 11.8. The Labute approximate surface area is 116 Å². The summed E-state index contributed by atoms with van der Waals surface area (Å²) in [5.74, 6) is 0.407. The van der Waals surface area contributed by atoms with Gasteiger partial charge in [-0.3, -0.25) is 4.79 Å². The second-order valence-corrected chi connectivity index (χ2v) is 4.56. The molecule has 98 valence electrons. The molecular weight excluding hydrogens is 262 g/mol. The predicted octanol–water partition coefficient (Wildman–Crippen LogP) is 2.41. The Morgan fingerprint density at radius 1 is 1.26 bits per heavy atom. The average molecular weight is 276 g/mol. The molecule has 0 unspecified atom stereocenters. The van der Waals surface area contributed by atoms with E-state index in [2.05, 4.69) is 15.3 Å². The first-order valence-electron chi connectivity index (χ1n) is 5.97. The van der Waals surface area contributed by atoms with E-state index in [0.29, 0.717) is 23.1 Å². The Morgan fingerprint density at radius 2 is 2.00 bits per heavy atom. The third kappa shape index (κ3) is 4.03. The number of halogens is 1. The first kappa shape index (κ1) is 13.5. The van der Waals surface area contributed by atoms with Crippen LogP contribution in [0.25, 0.3) is 0 Å². The van der Waals surface area contributed by atoms with Gasteiger partial charge in [0.2, 0.25) is 0 Å². The van der Waals surface area contributed by atoms with Crippen LogP contribution in [0.1, 0.15) is 21.9 Å². The molecule has 1 N–H and O–H groups in total. The predicted molar refractivity (Wildman–Crippen MR) is 74.3 cm³/mol. The van der Waals surface area contributed by atoms with Crippen molar-refractivity contribution in [2.45, 2.75) is 13.3 Å². The summed E-state index contributed by atoms with van der Waals surface area (Å²) in [6.45, 7) is 2.31. The van der Waals surface area contributed by atoms with Crippen molar-refractivity contribution < 1.29 is 4.79 Å². The Morgan fingerprint density at radius 3 is 2.68 bits per heavy atom. The van der Waals surface area contributed by atoms with Crippen LogP contribution in [0.5, 0.6) is 0 Å².